The first kappa shape index (κ1) is 25.7. The van der Waals surface area contributed by atoms with Gasteiger partial charge in [-0.1, -0.05) is 50.2 Å². The van der Waals surface area contributed by atoms with E-state index in [-0.39, 0.29) is 36.2 Å². The van der Waals surface area contributed by atoms with Gasteiger partial charge in [-0.25, -0.2) is 17.9 Å². The Hall–Kier alpha value is -3.51. The topological polar surface area (TPSA) is 157 Å². The van der Waals surface area contributed by atoms with Crippen molar-refractivity contribution < 1.29 is 27.7 Å². The maximum atomic E-state index is 12.5. The van der Waals surface area contributed by atoms with Crippen LogP contribution in [0.1, 0.15) is 19.4 Å². The average molecular weight is 479 g/mol. The molecule has 11 nitrogen and oxygen atoms in total. The Balaban J connectivity index is 1.83. The van der Waals surface area contributed by atoms with Crippen molar-refractivity contribution in [3.8, 4) is 0 Å². The van der Waals surface area contributed by atoms with Gasteiger partial charge in [0.15, 0.2) is 0 Å². The Bertz CT molecular complexity index is 1080. The molecule has 0 aromatic heterocycles. The van der Waals surface area contributed by atoms with Crippen molar-refractivity contribution in [2.75, 3.05) is 13.1 Å². The SMILES string of the molecule is CC(C)[C@H](NC(=O)OCc1ccccc1)C(=O)NCCNS(=O)(=O)c1cccc([N+](=O)[O-])c1. The summed E-state index contributed by atoms with van der Waals surface area (Å²) in [6.07, 6.45) is -0.751. The number of ether oxygens (including phenoxy) is 1. The van der Waals surface area contributed by atoms with Gasteiger partial charge in [0.25, 0.3) is 5.69 Å². The first-order chi connectivity index (χ1) is 15.6. The van der Waals surface area contributed by atoms with Gasteiger partial charge < -0.3 is 15.4 Å². The van der Waals surface area contributed by atoms with Crippen LogP contribution in [0.25, 0.3) is 0 Å². The van der Waals surface area contributed by atoms with Crippen molar-refractivity contribution in [2.24, 2.45) is 5.92 Å². The summed E-state index contributed by atoms with van der Waals surface area (Å²) in [5.74, 6) is -0.757. The number of benzene rings is 2. The first-order valence-corrected chi connectivity index (χ1v) is 11.6. The number of carbonyl (C=O) groups excluding carboxylic acids is 2. The molecule has 2 amide bonds. The number of hydrogen-bond acceptors (Lipinski definition) is 7. The number of hydrogen-bond donors (Lipinski definition) is 3. The second-order valence-corrected chi connectivity index (χ2v) is 9.14. The Morgan fingerprint density at radius 2 is 1.76 bits per heavy atom. The van der Waals surface area contributed by atoms with Crippen LogP contribution < -0.4 is 15.4 Å². The van der Waals surface area contributed by atoms with E-state index in [9.17, 15) is 28.1 Å². The molecule has 2 rings (SSSR count). The maximum absolute atomic E-state index is 12.5. The molecule has 0 aliphatic rings. The Kier molecular flexibility index (Phi) is 9.30. The molecule has 12 heteroatoms. The lowest BCUT2D eigenvalue weighted by molar-refractivity contribution is -0.385. The molecule has 0 spiro atoms. The molecule has 0 saturated heterocycles. The van der Waals surface area contributed by atoms with Gasteiger partial charge in [-0.15, -0.1) is 0 Å². The number of nitro groups is 1. The fourth-order valence-corrected chi connectivity index (χ4v) is 3.83. The number of sulfonamides is 1. The standard InChI is InChI=1S/C21H26N4O7S/c1-15(2)19(24-21(27)32-14-16-7-4-3-5-8-16)20(26)22-11-12-23-33(30,31)18-10-6-9-17(13-18)25(28)29/h3-10,13,15,19,23H,11-12,14H2,1-2H3,(H,22,26)(H,24,27)/t19-/m0/s1. The van der Waals surface area contributed by atoms with Gasteiger partial charge in [0.05, 0.1) is 9.82 Å². The van der Waals surface area contributed by atoms with Crippen molar-refractivity contribution in [3.63, 3.8) is 0 Å². The van der Waals surface area contributed by atoms with Gasteiger partial charge in [-0.3, -0.25) is 14.9 Å². The normalized spacial score (nSPS) is 12.1. The van der Waals surface area contributed by atoms with E-state index in [4.69, 9.17) is 4.74 Å². The summed E-state index contributed by atoms with van der Waals surface area (Å²) in [5.41, 5.74) is 0.449. The molecular formula is C21H26N4O7S. The molecular weight excluding hydrogens is 452 g/mol. The minimum atomic E-state index is -4.00. The minimum absolute atomic E-state index is 0.0541. The van der Waals surface area contributed by atoms with E-state index in [1.165, 1.54) is 18.2 Å². The van der Waals surface area contributed by atoms with E-state index in [2.05, 4.69) is 15.4 Å². The second-order valence-electron chi connectivity index (χ2n) is 7.37. The van der Waals surface area contributed by atoms with E-state index in [1.807, 2.05) is 18.2 Å². The molecule has 0 aliphatic heterocycles. The lowest BCUT2D eigenvalue weighted by atomic mass is 10.0. The fourth-order valence-electron chi connectivity index (χ4n) is 2.76. The summed E-state index contributed by atoms with van der Waals surface area (Å²) >= 11 is 0. The van der Waals surface area contributed by atoms with E-state index >= 15 is 0 Å². The molecule has 33 heavy (non-hydrogen) atoms. The summed E-state index contributed by atoms with van der Waals surface area (Å²) in [4.78, 5) is 34.4. The molecule has 0 heterocycles. The number of non-ortho nitro benzene ring substituents is 1. The summed E-state index contributed by atoms with van der Waals surface area (Å²) in [6.45, 7) is 3.33. The highest BCUT2D eigenvalue weighted by Gasteiger charge is 2.25. The number of alkyl carbamates (subject to hydrolysis) is 1. The summed E-state index contributed by atoms with van der Waals surface area (Å²) in [7, 11) is -4.00. The molecule has 0 bridgehead atoms. The van der Waals surface area contributed by atoms with Crippen LogP contribution in [0.15, 0.2) is 59.5 Å². The van der Waals surface area contributed by atoms with Crippen LogP contribution in [0.5, 0.6) is 0 Å². The summed E-state index contributed by atoms with van der Waals surface area (Å²) < 4.78 is 32.0. The molecule has 178 valence electrons. The van der Waals surface area contributed by atoms with Crippen molar-refractivity contribution in [1.29, 1.82) is 0 Å². The van der Waals surface area contributed by atoms with E-state index in [1.54, 1.807) is 26.0 Å². The quantitative estimate of drug-likeness (QED) is 0.253. The highest BCUT2D eigenvalue weighted by atomic mass is 32.2. The van der Waals surface area contributed by atoms with Crippen molar-refractivity contribution in [2.45, 2.75) is 31.4 Å². The zero-order chi connectivity index (χ0) is 24.4. The van der Waals surface area contributed by atoms with Gasteiger partial charge >= 0.3 is 6.09 Å². The summed E-state index contributed by atoms with van der Waals surface area (Å²) in [6, 6.07) is 12.8. The van der Waals surface area contributed by atoms with Crippen molar-refractivity contribution in [3.05, 3.63) is 70.3 Å². The fraction of sp³-hybridized carbons (Fsp3) is 0.333. The smallest absolute Gasteiger partial charge is 0.408 e. The van der Waals surface area contributed by atoms with Crippen LogP contribution in [-0.2, 0) is 26.2 Å². The molecule has 3 N–H and O–H groups in total. The van der Waals surface area contributed by atoms with Crippen LogP contribution in [0, 0.1) is 16.0 Å². The van der Waals surface area contributed by atoms with E-state index < -0.39 is 33.0 Å². The Morgan fingerprint density at radius 3 is 2.39 bits per heavy atom. The lowest BCUT2D eigenvalue weighted by Gasteiger charge is -2.21. The number of rotatable bonds is 11. The zero-order valence-electron chi connectivity index (χ0n) is 18.2. The Morgan fingerprint density at radius 1 is 1.06 bits per heavy atom. The maximum Gasteiger partial charge on any atom is 0.408 e. The average Bonchev–Trinajstić information content (AvgIpc) is 2.79. The van der Waals surface area contributed by atoms with Gasteiger partial charge in [-0.2, -0.15) is 0 Å². The molecule has 2 aromatic carbocycles. The van der Waals surface area contributed by atoms with Crippen LogP contribution in [0.2, 0.25) is 0 Å². The molecule has 0 fully saturated rings. The first-order valence-electron chi connectivity index (χ1n) is 10.1. The third-order valence-corrected chi connectivity index (χ3v) is 5.95. The number of amides is 2. The largest absolute Gasteiger partial charge is 0.445 e. The number of nitrogens with one attached hydrogen (secondary N) is 3. The van der Waals surface area contributed by atoms with E-state index in [0.717, 1.165) is 11.6 Å². The molecule has 0 aliphatic carbocycles. The predicted octanol–water partition coefficient (Wildman–Crippen LogP) is 1.94. The highest BCUT2D eigenvalue weighted by Crippen LogP contribution is 2.16. The second kappa shape index (κ2) is 11.9. The van der Waals surface area contributed by atoms with Gasteiger partial charge in [-0.05, 0) is 17.5 Å². The monoisotopic (exact) mass is 478 g/mol. The van der Waals surface area contributed by atoms with Gasteiger partial charge in [0.1, 0.15) is 12.6 Å². The van der Waals surface area contributed by atoms with Crippen molar-refractivity contribution >= 4 is 27.7 Å². The zero-order valence-corrected chi connectivity index (χ0v) is 19.0. The molecule has 0 unspecified atom stereocenters. The van der Waals surface area contributed by atoms with Crippen LogP contribution >= 0.6 is 0 Å². The number of nitrogens with zero attached hydrogens (tertiary/aromatic N) is 1. The highest BCUT2D eigenvalue weighted by molar-refractivity contribution is 7.89. The third kappa shape index (κ3) is 8.16. The van der Waals surface area contributed by atoms with Crippen molar-refractivity contribution in [1.82, 2.24) is 15.4 Å². The van der Waals surface area contributed by atoms with Crippen LogP contribution in [-0.4, -0.2) is 44.5 Å². The minimum Gasteiger partial charge on any atom is -0.445 e. The number of carbonyl (C=O) groups is 2. The van der Waals surface area contributed by atoms with Gasteiger partial charge in [0, 0.05) is 25.2 Å². The predicted molar refractivity (Wildman–Crippen MR) is 120 cm³/mol. The molecule has 0 radical (unpaired) electrons. The lowest BCUT2D eigenvalue weighted by Crippen LogP contribution is -2.50. The molecule has 1 atom stereocenters. The third-order valence-electron chi connectivity index (χ3n) is 4.49. The summed E-state index contributed by atoms with van der Waals surface area (Å²) in [5, 5.41) is 15.9. The molecule has 2 aromatic rings. The van der Waals surface area contributed by atoms with E-state index in [0.29, 0.717) is 0 Å². The number of nitro benzene ring substituents is 1. The van der Waals surface area contributed by atoms with Crippen LogP contribution in [0.4, 0.5) is 10.5 Å². The van der Waals surface area contributed by atoms with Gasteiger partial charge in [0.2, 0.25) is 15.9 Å². The molecule has 0 saturated carbocycles. The van der Waals surface area contributed by atoms with Crippen LogP contribution in [0.3, 0.4) is 0 Å². The Labute approximate surface area is 191 Å².